The third-order valence-electron chi connectivity index (χ3n) is 4.97. The molecule has 3 heterocycles. The highest BCUT2D eigenvalue weighted by molar-refractivity contribution is 6.02. The van der Waals surface area contributed by atoms with E-state index in [0.717, 1.165) is 11.3 Å². The number of carbonyl (C=O) groups excluding carboxylic acids is 2. The topological polar surface area (TPSA) is 55.8 Å². The predicted octanol–water partition coefficient (Wildman–Crippen LogP) is 1.84. The number of carbonyl (C=O) groups is 2. The molecule has 1 aromatic rings. The Labute approximate surface area is 134 Å². The minimum Gasteiger partial charge on any atom is -0.466 e. The molecule has 0 aliphatic carbocycles. The van der Waals surface area contributed by atoms with Gasteiger partial charge in [0.1, 0.15) is 11.5 Å². The average molecular weight is 313 g/mol. The van der Waals surface area contributed by atoms with Gasteiger partial charge in [-0.15, -0.1) is 0 Å². The second kappa shape index (κ2) is 4.93. The molecule has 0 aromatic heterocycles. The zero-order valence-electron chi connectivity index (χ0n) is 13.2. The van der Waals surface area contributed by atoms with Crippen LogP contribution in [-0.2, 0) is 19.1 Å². The largest absolute Gasteiger partial charge is 0.466 e. The fourth-order valence-corrected chi connectivity index (χ4v) is 4.02. The molecule has 5 heteroatoms. The van der Waals surface area contributed by atoms with Gasteiger partial charge in [0, 0.05) is 5.69 Å². The number of hydrogen-bond acceptors (Lipinski definition) is 4. The van der Waals surface area contributed by atoms with Crippen molar-refractivity contribution in [2.24, 2.45) is 11.8 Å². The molecule has 2 saturated heterocycles. The van der Waals surface area contributed by atoms with Crippen molar-refractivity contribution < 1.29 is 19.1 Å². The van der Waals surface area contributed by atoms with E-state index in [1.807, 2.05) is 43.3 Å². The number of hydrogen-bond donors (Lipinski definition) is 0. The quantitative estimate of drug-likeness (QED) is 0.631. The predicted molar refractivity (Wildman–Crippen MR) is 83.9 cm³/mol. The van der Waals surface area contributed by atoms with Gasteiger partial charge in [0.05, 0.1) is 25.2 Å². The summed E-state index contributed by atoms with van der Waals surface area (Å²) in [4.78, 5) is 27.0. The van der Waals surface area contributed by atoms with Crippen LogP contribution in [0.15, 0.2) is 36.4 Å². The van der Waals surface area contributed by atoms with E-state index in [0.29, 0.717) is 13.2 Å². The fourth-order valence-electron chi connectivity index (χ4n) is 4.02. The summed E-state index contributed by atoms with van der Waals surface area (Å²) in [7, 11) is 0. The van der Waals surface area contributed by atoms with Gasteiger partial charge >= 0.3 is 5.97 Å². The van der Waals surface area contributed by atoms with Crippen molar-refractivity contribution in [3.63, 3.8) is 0 Å². The number of anilines is 1. The molecule has 0 saturated carbocycles. The number of benzene rings is 1. The average Bonchev–Trinajstić information content (AvgIpc) is 3.16. The van der Waals surface area contributed by atoms with E-state index in [9.17, 15) is 9.59 Å². The summed E-state index contributed by atoms with van der Waals surface area (Å²) < 4.78 is 11.2. The molecule has 0 radical (unpaired) electrons. The van der Waals surface area contributed by atoms with Crippen molar-refractivity contribution in [2.45, 2.75) is 25.6 Å². The van der Waals surface area contributed by atoms with Crippen molar-refractivity contribution in [3.05, 3.63) is 42.0 Å². The van der Waals surface area contributed by atoms with Crippen molar-refractivity contribution in [1.82, 2.24) is 0 Å². The maximum Gasteiger partial charge on any atom is 0.312 e. The van der Waals surface area contributed by atoms with Crippen LogP contribution >= 0.6 is 0 Å². The number of rotatable bonds is 3. The normalized spacial score (nSPS) is 34.1. The second-order valence-corrected chi connectivity index (χ2v) is 6.42. The van der Waals surface area contributed by atoms with Crippen molar-refractivity contribution >= 4 is 17.6 Å². The van der Waals surface area contributed by atoms with E-state index in [-0.39, 0.29) is 18.0 Å². The van der Waals surface area contributed by atoms with Gasteiger partial charge < -0.3 is 14.4 Å². The van der Waals surface area contributed by atoms with Crippen molar-refractivity contribution in [1.29, 1.82) is 0 Å². The smallest absolute Gasteiger partial charge is 0.312 e. The number of fused-ring (bicyclic) bond motifs is 1. The number of aryl methyl sites for hydroxylation is 1. The molecular formula is C18H19NO4. The van der Waals surface area contributed by atoms with Gasteiger partial charge in [-0.25, -0.2) is 0 Å². The lowest BCUT2D eigenvalue weighted by atomic mass is 9.77. The van der Waals surface area contributed by atoms with Crippen LogP contribution in [0.3, 0.4) is 0 Å². The summed E-state index contributed by atoms with van der Waals surface area (Å²) in [6, 6.07) is 7.82. The Hall–Kier alpha value is -2.14. The van der Waals surface area contributed by atoms with Crippen LogP contribution in [0.4, 0.5) is 5.69 Å². The first-order chi connectivity index (χ1) is 11.1. The lowest BCUT2D eigenvalue weighted by molar-refractivity contribution is -0.151. The van der Waals surface area contributed by atoms with E-state index in [1.54, 1.807) is 11.8 Å². The first-order valence-corrected chi connectivity index (χ1v) is 7.97. The third kappa shape index (κ3) is 1.96. The Morgan fingerprint density at radius 3 is 3.04 bits per heavy atom. The molecule has 2 fully saturated rings. The van der Waals surface area contributed by atoms with Gasteiger partial charge in [-0.3, -0.25) is 9.59 Å². The molecule has 4 atom stereocenters. The molecule has 0 unspecified atom stereocenters. The van der Waals surface area contributed by atoms with Gasteiger partial charge in [-0.1, -0.05) is 24.3 Å². The van der Waals surface area contributed by atoms with Crippen LogP contribution in [0.25, 0.3) is 0 Å². The third-order valence-corrected chi connectivity index (χ3v) is 4.97. The van der Waals surface area contributed by atoms with Gasteiger partial charge in [-0.2, -0.15) is 0 Å². The Bertz CT molecular complexity index is 713. The number of ether oxygens (including phenoxy) is 2. The zero-order valence-corrected chi connectivity index (χ0v) is 13.2. The summed E-state index contributed by atoms with van der Waals surface area (Å²) in [5.74, 6) is -1.42. The lowest BCUT2D eigenvalue weighted by Gasteiger charge is -2.22. The number of esters is 1. The Kier molecular flexibility index (Phi) is 3.10. The molecule has 2 bridgehead atoms. The van der Waals surface area contributed by atoms with Crippen LogP contribution < -0.4 is 4.90 Å². The molecule has 5 nitrogen and oxygen atoms in total. The standard InChI is InChI=1S/C18H19NO4/c1-3-22-17(21)14-13-7-8-18(23-13)10-19(16(20)15(14)18)12-6-4-5-11(2)9-12/h4-9,13-15H,3,10H2,1-2H3/t13-,14+,15+,18-/m1/s1. The summed E-state index contributed by atoms with van der Waals surface area (Å²) in [5, 5.41) is 0. The van der Waals surface area contributed by atoms with Crippen LogP contribution in [0, 0.1) is 18.8 Å². The minimum atomic E-state index is -0.692. The SMILES string of the molecule is CCOC(=O)[C@@H]1[C@H]2C(=O)N(c3cccc(C)c3)C[C@]23C=C[C@H]1O3. The van der Waals surface area contributed by atoms with Crippen LogP contribution in [-0.4, -0.2) is 36.7 Å². The molecule has 120 valence electrons. The molecular weight excluding hydrogens is 294 g/mol. The minimum absolute atomic E-state index is 0.0551. The molecule has 4 rings (SSSR count). The van der Waals surface area contributed by atoms with E-state index in [2.05, 4.69) is 0 Å². The zero-order chi connectivity index (χ0) is 16.2. The van der Waals surface area contributed by atoms with E-state index < -0.39 is 17.4 Å². The van der Waals surface area contributed by atoms with Gasteiger partial charge in [-0.05, 0) is 31.5 Å². The number of nitrogens with zero attached hydrogens (tertiary/aromatic N) is 1. The first kappa shape index (κ1) is 14.5. The van der Waals surface area contributed by atoms with Crippen molar-refractivity contribution in [2.75, 3.05) is 18.1 Å². The lowest BCUT2D eigenvalue weighted by Crippen LogP contribution is -2.40. The second-order valence-electron chi connectivity index (χ2n) is 6.42. The van der Waals surface area contributed by atoms with E-state index >= 15 is 0 Å². The maximum absolute atomic E-state index is 13.0. The Morgan fingerprint density at radius 1 is 1.48 bits per heavy atom. The molecule has 1 amide bonds. The van der Waals surface area contributed by atoms with Crippen LogP contribution in [0.1, 0.15) is 12.5 Å². The molecule has 3 aliphatic rings. The summed E-state index contributed by atoms with van der Waals surface area (Å²) in [5.41, 5.74) is 1.25. The summed E-state index contributed by atoms with van der Waals surface area (Å²) in [6.07, 6.45) is 3.50. The van der Waals surface area contributed by atoms with Gasteiger partial charge in [0.15, 0.2) is 0 Å². The van der Waals surface area contributed by atoms with Crippen LogP contribution in [0.5, 0.6) is 0 Å². The molecule has 1 aromatic carbocycles. The highest BCUT2D eigenvalue weighted by atomic mass is 16.6. The van der Waals surface area contributed by atoms with E-state index in [1.165, 1.54) is 0 Å². The highest BCUT2D eigenvalue weighted by Crippen LogP contribution is 2.52. The molecule has 1 spiro atoms. The molecule has 0 N–H and O–H groups in total. The number of amides is 1. The molecule has 3 aliphatic heterocycles. The van der Waals surface area contributed by atoms with Crippen molar-refractivity contribution in [3.8, 4) is 0 Å². The Balaban J connectivity index is 1.70. The Morgan fingerprint density at radius 2 is 2.30 bits per heavy atom. The van der Waals surface area contributed by atoms with Gasteiger partial charge in [0.25, 0.3) is 0 Å². The van der Waals surface area contributed by atoms with E-state index in [4.69, 9.17) is 9.47 Å². The first-order valence-electron chi connectivity index (χ1n) is 7.97. The highest BCUT2D eigenvalue weighted by Gasteiger charge is 2.67. The fraction of sp³-hybridized carbons (Fsp3) is 0.444. The van der Waals surface area contributed by atoms with Crippen LogP contribution in [0.2, 0.25) is 0 Å². The maximum atomic E-state index is 13.0. The molecule has 23 heavy (non-hydrogen) atoms. The summed E-state index contributed by atoms with van der Waals surface area (Å²) >= 11 is 0. The van der Waals surface area contributed by atoms with Gasteiger partial charge in [0.2, 0.25) is 5.91 Å². The summed E-state index contributed by atoms with van der Waals surface area (Å²) in [6.45, 7) is 4.52. The monoisotopic (exact) mass is 313 g/mol.